The van der Waals surface area contributed by atoms with Crippen molar-refractivity contribution in [3.63, 3.8) is 0 Å². The average molecular weight is 271 g/mol. The van der Waals surface area contributed by atoms with Crippen LogP contribution in [0.25, 0.3) is 0 Å². The first-order chi connectivity index (χ1) is 8.28. The second kappa shape index (κ2) is 6.35. The number of nitrogens with one attached hydrogen (secondary N) is 1. The maximum Gasteiger partial charge on any atom is 0.236 e. The molecule has 1 aliphatic carbocycles. The lowest BCUT2D eigenvalue weighted by molar-refractivity contribution is -0.113. The molecule has 4 nitrogen and oxygen atoms in total. The second-order valence-corrected chi connectivity index (χ2v) is 6.47. The fourth-order valence-corrected chi connectivity index (χ4v) is 3.67. The van der Waals surface area contributed by atoms with E-state index >= 15 is 0 Å². The molecule has 1 aromatic rings. The number of amides is 1. The van der Waals surface area contributed by atoms with Gasteiger partial charge in [0.25, 0.3) is 0 Å². The number of thioether (sulfide) groups is 1. The molecule has 1 N–H and O–H groups in total. The maximum absolute atomic E-state index is 11.7. The molecule has 0 aliphatic heterocycles. The van der Waals surface area contributed by atoms with Crippen molar-refractivity contribution >= 4 is 34.1 Å². The van der Waals surface area contributed by atoms with Crippen LogP contribution < -0.4 is 5.32 Å². The van der Waals surface area contributed by atoms with E-state index in [1.165, 1.54) is 37.0 Å². The fraction of sp³-hybridized carbons (Fsp3) is 0.727. The smallest absolute Gasteiger partial charge is 0.236 e. The van der Waals surface area contributed by atoms with Gasteiger partial charge < -0.3 is 0 Å². The Bertz CT molecular complexity index is 375. The minimum Gasteiger partial charge on any atom is -0.300 e. The van der Waals surface area contributed by atoms with E-state index in [0.29, 0.717) is 16.1 Å². The molecular formula is C11H17N3OS2. The number of rotatable bonds is 5. The number of aryl methyl sites for hydroxylation is 1. The molecule has 0 radical (unpaired) electrons. The van der Waals surface area contributed by atoms with Crippen LogP contribution in [0.2, 0.25) is 0 Å². The number of carbonyl (C=O) groups excluding carboxylic acids is 1. The van der Waals surface area contributed by atoms with Crippen LogP contribution in [0, 0.1) is 0 Å². The zero-order valence-corrected chi connectivity index (χ0v) is 11.6. The zero-order valence-electron chi connectivity index (χ0n) is 9.94. The number of hydrogen-bond donors (Lipinski definition) is 1. The van der Waals surface area contributed by atoms with Crippen molar-refractivity contribution in [2.75, 3.05) is 11.1 Å². The van der Waals surface area contributed by atoms with Gasteiger partial charge in [-0.1, -0.05) is 31.1 Å². The summed E-state index contributed by atoms with van der Waals surface area (Å²) in [6.45, 7) is 2.03. The largest absolute Gasteiger partial charge is 0.300 e. The molecule has 1 aliphatic rings. The first kappa shape index (κ1) is 12.8. The summed E-state index contributed by atoms with van der Waals surface area (Å²) in [7, 11) is 0. The van der Waals surface area contributed by atoms with Gasteiger partial charge in [-0.2, -0.15) is 0 Å². The van der Waals surface area contributed by atoms with Crippen molar-refractivity contribution in [3.05, 3.63) is 5.01 Å². The van der Waals surface area contributed by atoms with Gasteiger partial charge in [0.2, 0.25) is 11.0 Å². The van der Waals surface area contributed by atoms with E-state index < -0.39 is 0 Å². The van der Waals surface area contributed by atoms with Crippen molar-refractivity contribution in [2.24, 2.45) is 0 Å². The molecule has 94 valence electrons. The highest BCUT2D eigenvalue weighted by molar-refractivity contribution is 8.00. The Hall–Kier alpha value is -0.620. The number of nitrogens with zero attached hydrogens (tertiary/aromatic N) is 2. The van der Waals surface area contributed by atoms with Gasteiger partial charge in [-0.05, 0) is 19.3 Å². The Morgan fingerprint density at radius 2 is 2.24 bits per heavy atom. The van der Waals surface area contributed by atoms with E-state index in [1.807, 2.05) is 6.92 Å². The lowest BCUT2D eigenvalue weighted by atomic mass is 10.4. The van der Waals surface area contributed by atoms with Gasteiger partial charge in [-0.15, -0.1) is 22.0 Å². The lowest BCUT2D eigenvalue weighted by Gasteiger charge is -2.07. The summed E-state index contributed by atoms with van der Waals surface area (Å²) in [6, 6.07) is 0. The molecule has 0 spiro atoms. The molecule has 6 heteroatoms. The summed E-state index contributed by atoms with van der Waals surface area (Å²) >= 11 is 3.22. The zero-order chi connectivity index (χ0) is 12.1. The van der Waals surface area contributed by atoms with E-state index in [2.05, 4.69) is 15.5 Å². The van der Waals surface area contributed by atoms with Gasteiger partial charge in [0.1, 0.15) is 5.01 Å². The molecule has 1 aromatic heterocycles. The number of anilines is 1. The summed E-state index contributed by atoms with van der Waals surface area (Å²) in [4.78, 5) is 11.7. The topological polar surface area (TPSA) is 54.9 Å². The van der Waals surface area contributed by atoms with Gasteiger partial charge in [-0.3, -0.25) is 10.1 Å². The van der Waals surface area contributed by atoms with Crippen LogP contribution in [0.3, 0.4) is 0 Å². The Labute approximate surface area is 110 Å². The van der Waals surface area contributed by atoms with Gasteiger partial charge in [0.15, 0.2) is 0 Å². The van der Waals surface area contributed by atoms with Crippen LogP contribution in [-0.4, -0.2) is 27.1 Å². The monoisotopic (exact) mass is 271 g/mol. The van der Waals surface area contributed by atoms with Crippen LogP contribution in [0.5, 0.6) is 0 Å². The van der Waals surface area contributed by atoms with Crippen LogP contribution in [0.1, 0.15) is 37.6 Å². The van der Waals surface area contributed by atoms with E-state index in [4.69, 9.17) is 0 Å². The standard InChI is InChI=1S/C11H17N3OS2/c1-2-10-13-14-11(17-10)12-9(15)7-16-8-5-3-4-6-8/h8H,2-7H2,1H3,(H,12,14,15). The average Bonchev–Trinajstić information content (AvgIpc) is 2.97. The normalized spacial score (nSPS) is 16.3. The van der Waals surface area contributed by atoms with E-state index in [-0.39, 0.29) is 5.91 Å². The minimum absolute atomic E-state index is 0.0423. The minimum atomic E-state index is 0.0423. The maximum atomic E-state index is 11.7. The van der Waals surface area contributed by atoms with Gasteiger partial charge >= 0.3 is 0 Å². The molecule has 2 rings (SSSR count). The van der Waals surface area contributed by atoms with Crippen LogP contribution in [0.15, 0.2) is 0 Å². The van der Waals surface area contributed by atoms with Crippen molar-refractivity contribution in [1.29, 1.82) is 0 Å². The molecule has 0 aromatic carbocycles. The first-order valence-electron chi connectivity index (χ1n) is 6.01. The summed E-state index contributed by atoms with van der Waals surface area (Å²) in [6.07, 6.45) is 6.02. The Morgan fingerprint density at radius 1 is 1.47 bits per heavy atom. The molecule has 1 saturated carbocycles. The molecule has 0 unspecified atom stereocenters. The summed E-state index contributed by atoms with van der Waals surface area (Å²) in [5.74, 6) is 0.576. The van der Waals surface area contributed by atoms with Crippen molar-refractivity contribution < 1.29 is 4.79 Å². The molecule has 1 amide bonds. The van der Waals surface area contributed by atoms with Crippen LogP contribution in [-0.2, 0) is 11.2 Å². The number of aromatic nitrogens is 2. The van der Waals surface area contributed by atoms with Crippen LogP contribution >= 0.6 is 23.1 Å². The fourth-order valence-electron chi connectivity index (χ4n) is 1.85. The predicted octanol–water partition coefficient (Wildman–Crippen LogP) is 2.71. The van der Waals surface area contributed by atoms with Crippen molar-refractivity contribution in [1.82, 2.24) is 10.2 Å². The second-order valence-electron chi connectivity index (χ2n) is 4.12. The van der Waals surface area contributed by atoms with Crippen molar-refractivity contribution in [3.8, 4) is 0 Å². The van der Waals surface area contributed by atoms with E-state index in [0.717, 1.165) is 11.4 Å². The number of carbonyl (C=O) groups is 1. The molecule has 17 heavy (non-hydrogen) atoms. The van der Waals surface area contributed by atoms with Gasteiger partial charge in [0, 0.05) is 5.25 Å². The van der Waals surface area contributed by atoms with Crippen molar-refractivity contribution in [2.45, 2.75) is 44.3 Å². The summed E-state index contributed by atoms with van der Waals surface area (Å²) < 4.78 is 0. The molecular weight excluding hydrogens is 254 g/mol. The quantitative estimate of drug-likeness (QED) is 0.894. The Balaban J connectivity index is 1.72. The Kier molecular flexibility index (Phi) is 4.79. The van der Waals surface area contributed by atoms with E-state index in [9.17, 15) is 4.79 Å². The molecule has 0 atom stereocenters. The highest BCUT2D eigenvalue weighted by atomic mass is 32.2. The third-order valence-corrected chi connectivity index (χ3v) is 5.12. The third kappa shape index (κ3) is 3.96. The summed E-state index contributed by atoms with van der Waals surface area (Å²) in [5, 5.41) is 13.0. The first-order valence-corrected chi connectivity index (χ1v) is 7.88. The van der Waals surface area contributed by atoms with Gasteiger partial charge in [0.05, 0.1) is 5.75 Å². The van der Waals surface area contributed by atoms with Gasteiger partial charge in [-0.25, -0.2) is 0 Å². The van der Waals surface area contributed by atoms with E-state index in [1.54, 1.807) is 11.8 Å². The molecule has 1 fully saturated rings. The van der Waals surface area contributed by atoms with Crippen LogP contribution in [0.4, 0.5) is 5.13 Å². The predicted molar refractivity (Wildman–Crippen MR) is 72.6 cm³/mol. The SMILES string of the molecule is CCc1nnc(NC(=O)CSC2CCCC2)s1. The Morgan fingerprint density at radius 3 is 2.88 bits per heavy atom. The molecule has 1 heterocycles. The lowest BCUT2D eigenvalue weighted by Crippen LogP contribution is -2.15. The third-order valence-electron chi connectivity index (χ3n) is 2.77. The summed E-state index contributed by atoms with van der Waals surface area (Å²) in [5.41, 5.74) is 0. The highest BCUT2D eigenvalue weighted by Crippen LogP contribution is 2.29. The molecule has 0 saturated heterocycles. The number of hydrogen-bond acceptors (Lipinski definition) is 5. The molecule has 0 bridgehead atoms. The highest BCUT2D eigenvalue weighted by Gasteiger charge is 2.17.